The maximum Gasteiger partial charge on any atom is 0.218 e. The van der Waals surface area contributed by atoms with Crippen LogP contribution in [-0.2, 0) is 0 Å². The molecule has 0 aromatic carbocycles. The van der Waals surface area contributed by atoms with Crippen LogP contribution in [0.25, 0.3) is 0 Å². The molecule has 1 saturated carbocycles. The van der Waals surface area contributed by atoms with E-state index in [0.29, 0.717) is 18.5 Å². The predicted octanol–water partition coefficient (Wildman–Crippen LogP) is 3.17. The molecule has 1 heterocycles. The molecule has 0 spiro atoms. The average Bonchev–Trinajstić information content (AvgIpc) is 3.12. The smallest absolute Gasteiger partial charge is 0.218 e. The van der Waals surface area contributed by atoms with Gasteiger partial charge in [-0.3, -0.25) is 0 Å². The minimum Gasteiger partial charge on any atom is -0.478 e. The van der Waals surface area contributed by atoms with Crippen LogP contribution in [0.3, 0.4) is 0 Å². The van der Waals surface area contributed by atoms with Gasteiger partial charge in [0.25, 0.3) is 0 Å². The molecule has 18 heavy (non-hydrogen) atoms. The van der Waals surface area contributed by atoms with E-state index in [1.807, 2.05) is 19.9 Å². The fourth-order valence-corrected chi connectivity index (χ4v) is 2.13. The highest BCUT2D eigenvalue weighted by molar-refractivity contribution is 5.39. The molecule has 1 aliphatic carbocycles. The average molecular weight is 249 g/mol. The van der Waals surface area contributed by atoms with Crippen molar-refractivity contribution in [2.45, 2.75) is 52.5 Å². The first-order valence-electron chi connectivity index (χ1n) is 6.96. The number of ether oxygens (including phenoxy) is 1. The Hall–Kier alpha value is -1.32. The van der Waals surface area contributed by atoms with Gasteiger partial charge in [-0.05, 0) is 32.6 Å². The number of hydrogen-bond donors (Lipinski definition) is 1. The summed E-state index contributed by atoms with van der Waals surface area (Å²) in [6.07, 6.45) is 5.17. The van der Waals surface area contributed by atoms with Crippen molar-refractivity contribution in [1.82, 2.24) is 9.97 Å². The Morgan fingerprint density at radius 1 is 1.39 bits per heavy atom. The molecular formula is C14H23N3O. The van der Waals surface area contributed by atoms with Crippen LogP contribution in [0.5, 0.6) is 5.88 Å². The van der Waals surface area contributed by atoms with Crippen molar-refractivity contribution in [3.63, 3.8) is 0 Å². The summed E-state index contributed by atoms with van der Waals surface area (Å²) in [6.45, 7) is 6.72. The number of aryl methyl sites for hydroxylation is 1. The van der Waals surface area contributed by atoms with E-state index in [-0.39, 0.29) is 0 Å². The Kier molecular flexibility index (Phi) is 4.39. The second kappa shape index (κ2) is 6.03. The van der Waals surface area contributed by atoms with Gasteiger partial charge >= 0.3 is 0 Å². The van der Waals surface area contributed by atoms with Crippen LogP contribution < -0.4 is 10.1 Å². The van der Waals surface area contributed by atoms with Gasteiger partial charge in [0.05, 0.1) is 6.61 Å². The zero-order valence-corrected chi connectivity index (χ0v) is 11.6. The molecule has 4 heteroatoms. The van der Waals surface area contributed by atoms with E-state index in [1.165, 1.54) is 19.3 Å². The van der Waals surface area contributed by atoms with Crippen LogP contribution in [0, 0.1) is 12.8 Å². The molecule has 1 aromatic heterocycles. The van der Waals surface area contributed by atoms with Gasteiger partial charge in [0, 0.05) is 12.1 Å². The number of rotatable bonds is 7. The van der Waals surface area contributed by atoms with E-state index in [0.717, 1.165) is 24.0 Å². The summed E-state index contributed by atoms with van der Waals surface area (Å²) in [6, 6.07) is 2.41. The summed E-state index contributed by atoms with van der Waals surface area (Å²) in [4.78, 5) is 8.69. The van der Waals surface area contributed by atoms with Crippen molar-refractivity contribution in [2.24, 2.45) is 5.92 Å². The van der Waals surface area contributed by atoms with Crippen molar-refractivity contribution in [2.75, 3.05) is 11.9 Å². The van der Waals surface area contributed by atoms with Gasteiger partial charge < -0.3 is 10.1 Å². The summed E-state index contributed by atoms with van der Waals surface area (Å²) in [5.41, 5.74) is 0. The maximum absolute atomic E-state index is 5.44. The normalized spacial score (nSPS) is 16.4. The van der Waals surface area contributed by atoms with E-state index < -0.39 is 0 Å². The fraction of sp³-hybridized carbons (Fsp3) is 0.714. The molecule has 1 unspecified atom stereocenters. The minimum atomic E-state index is 0.515. The number of aromatic nitrogens is 2. The first kappa shape index (κ1) is 13.1. The van der Waals surface area contributed by atoms with Crippen LogP contribution in [0.4, 0.5) is 5.82 Å². The number of anilines is 1. The zero-order valence-electron chi connectivity index (χ0n) is 11.6. The highest BCUT2D eigenvalue weighted by Gasteiger charge is 2.24. The Labute approximate surface area is 109 Å². The van der Waals surface area contributed by atoms with E-state index in [4.69, 9.17) is 4.74 Å². The first-order valence-corrected chi connectivity index (χ1v) is 6.96. The maximum atomic E-state index is 5.44. The number of nitrogens with zero attached hydrogens (tertiary/aromatic N) is 2. The van der Waals surface area contributed by atoms with E-state index in [2.05, 4.69) is 22.2 Å². The van der Waals surface area contributed by atoms with Crippen molar-refractivity contribution in [3.8, 4) is 5.88 Å². The van der Waals surface area contributed by atoms with Crippen LogP contribution in [0.1, 0.15) is 45.4 Å². The minimum absolute atomic E-state index is 0.515. The lowest BCUT2D eigenvalue weighted by Gasteiger charge is -2.17. The summed E-state index contributed by atoms with van der Waals surface area (Å²) in [5, 5.41) is 3.51. The van der Waals surface area contributed by atoms with Crippen molar-refractivity contribution in [1.29, 1.82) is 0 Å². The first-order chi connectivity index (χ1) is 8.71. The SMILES string of the molecule is CCOc1cc(NC(CC)CC2CC2)nc(C)n1. The molecular weight excluding hydrogens is 226 g/mol. The number of nitrogens with one attached hydrogen (secondary N) is 1. The van der Waals surface area contributed by atoms with Crippen LogP contribution >= 0.6 is 0 Å². The largest absolute Gasteiger partial charge is 0.478 e. The quantitative estimate of drug-likeness (QED) is 0.806. The lowest BCUT2D eigenvalue weighted by atomic mass is 10.1. The number of hydrogen-bond acceptors (Lipinski definition) is 4. The van der Waals surface area contributed by atoms with Gasteiger partial charge in [-0.2, -0.15) is 4.98 Å². The van der Waals surface area contributed by atoms with Gasteiger partial charge in [0.2, 0.25) is 5.88 Å². The summed E-state index contributed by atoms with van der Waals surface area (Å²) >= 11 is 0. The molecule has 0 radical (unpaired) electrons. The van der Waals surface area contributed by atoms with Gasteiger partial charge in [-0.15, -0.1) is 0 Å². The molecule has 1 N–H and O–H groups in total. The Balaban J connectivity index is 2.01. The highest BCUT2D eigenvalue weighted by atomic mass is 16.5. The monoisotopic (exact) mass is 249 g/mol. The third-order valence-electron chi connectivity index (χ3n) is 3.27. The second-order valence-electron chi connectivity index (χ2n) is 5.00. The van der Waals surface area contributed by atoms with Crippen LogP contribution in [0.15, 0.2) is 6.07 Å². The summed E-state index contributed by atoms with van der Waals surface area (Å²) in [7, 11) is 0. The van der Waals surface area contributed by atoms with E-state index in [9.17, 15) is 0 Å². The Bertz CT molecular complexity index is 391. The topological polar surface area (TPSA) is 47.0 Å². The van der Waals surface area contributed by atoms with Crippen LogP contribution in [-0.4, -0.2) is 22.6 Å². The van der Waals surface area contributed by atoms with Gasteiger partial charge in [0.1, 0.15) is 11.6 Å². The second-order valence-corrected chi connectivity index (χ2v) is 5.00. The summed E-state index contributed by atoms with van der Waals surface area (Å²) in [5.74, 6) is 3.23. The lowest BCUT2D eigenvalue weighted by Crippen LogP contribution is -2.20. The Morgan fingerprint density at radius 3 is 2.78 bits per heavy atom. The molecule has 0 bridgehead atoms. The third-order valence-corrected chi connectivity index (χ3v) is 3.27. The van der Waals surface area contributed by atoms with E-state index >= 15 is 0 Å². The molecule has 100 valence electrons. The molecule has 4 nitrogen and oxygen atoms in total. The van der Waals surface area contributed by atoms with Crippen LogP contribution in [0.2, 0.25) is 0 Å². The molecule has 1 atom stereocenters. The molecule has 0 saturated heterocycles. The Morgan fingerprint density at radius 2 is 2.17 bits per heavy atom. The zero-order chi connectivity index (χ0) is 13.0. The lowest BCUT2D eigenvalue weighted by molar-refractivity contribution is 0.325. The third kappa shape index (κ3) is 3.86. The molecule has 1 fully saturated rings. The molecule has 1 aliphatic rings. The van der Waals surface area contributed by atoms with Crippen molar-refractivity contribution >= 4 is 5.82 Å². The fourth-order valence-electron chi connectivity index (χ4n) is 2.13. The summed E-state index contributed by atoms with van der Waals surface area (Å²) < 4.78 is 5.44. The van der Waals surface area contributed by atoms with Crippen molar-refractivity contribution in [3.05, 3.63) is 11.9 Å². The predicted molar refractivity (Wildman–Crippen MR) is 73.0 cm³/mol. The molecule has 0 amide bonds. The molecule has 2 rings (SSSR count). The molecule has 1 aromatic rings. The van der Waals surface area contributed by atoms with Gasteiger partial charge in [-0.25, -0.2) is 4.98 Å². The van der Waals surface area contributed by atoms with Crippen molar-refractivity contribution < 1.29 is 4.74 Å². The standard InChI is InChI=1S/C14H23N3O/c1-4-12(8-11-6-7-11)17-13-9-14(18-5-2)16-10(3)15-13/h9,11-12H,4-8H2,1-3H3,(H,15,16,17). The highest BCUT2D eigenvalue weighted by Crippen LogP contribution is 2.34. The van der Waals surface area contributed by atoms with Gasteiger partial charge in [-0.1, -0.05) is 19.8 Å². The van der Waals surface area contributed by atoms with Gasteiger partial charge in [0.15, 0.2) is 0 Å². The van der Waals surface area contributed by atoms with E-state index in [1.54, 1.807) is 0 Å². The molecule has 0 aliphatic heterocycles.